The number of unbranched alkanes of at least 4 members (excludes halogenated alkanes) is 1. The van der Waals surface area contributed by atoms with Crippen LogP contribution in [0.1, 0.15) is 31.7 Å². The minimum atomic E-state index is -0.310. The van der Waals surface area contributed by atoms with E-state index in [9.17, 15) is 9.90 Å². The lowest BCUT2D eigenvalue weighted by atomic mass is 9.94. The highest BCUT2D eigenvalue weighted by molar-refractivity contribution is 6.05. The van der Waals surface area contributed by atoms with Gasteiger partial charge in [-0.3, -0.25) is 4.79 Å². The highest BCUT2D eigenvalue weighted by Gasteiger charge is 2.15. The number of carbonyl (C=O) groups is 1. The number of hydrogen-bond donors (Lipinski definition) is 1. The van der Waals surface area contributed by atoms with Crippen molar-refractivity contribution < 1.29 is 9.90 Å². The number of benzene rings is 1. The van der Waals surface area contributed by atoms with Crippen molar-refractivity contribution >= 4 is 5.78 Å². The second kappa shape index (κ2) is 7.47. The maximum absolute atomic E-state index is 11.6. The van der Waals surface area contributed by atoms with Gasteiger partial charge in [0, 0.05) is 5.57 Å². The van der Waals surface area contributed by atoms with Crippen molar-refractivity contribution in [3.8, 4) is 0 Å². The molecule has 0 saturated heterocycles. The summed E-state index contributed by atoms with van der Waals surface area (Å²) in [4.78, 5) is 11.6. The Kier molecular flexibility index (Phi) is 5.36. The van der Waals surface area contributed by atoms with Crippen LogP contribution in [0.2, 0.25) is 0 Å². The van der Waals surface area contributed by atoms with E-state index < -0.39 is 0 Å². The van der Waals surface area contributed by atoms with Gasteiger partial charge in [0.15, 0.2) is 5.76 Å². The average Bonchev–Trinajstić information content (AvgIpc) is 2.50. The van der Waals surface area contributed by atoms with Crippen molar-refractivity contribution in [2.24, 2.45) is 0 Å². The summed E-state index contributed by atoms with van der Waals surface area (Å²) in [5, 5.41) is 9.60. The Labute approximate surface area is 125 Å². The van der Waals surface area contributed by atoms with Gasteiger partial charge in [-0.15, -0.1) is 5.73 Å². The molecule has 2 nitrogen and oxygen atoms in total. The molecule has 1 aromatic carbocycles. The van der Waals surface area contributed by atoms with E-state index in [0.717, 1.165) is 36.8 Å². The Bertz CT molecular complexity index is 627. The molecular formula is C19H20O2. The summed E-state index contributed by atoms with van der Waals surface area (Å²) in [7, 11) is 0. The summed E-state index contributed by atoms with van der Waals surface area (Å²) >= 11 is 0. The van der Waals surface area contributed by atoms with Gasteiger partial charge in [0.25, 0.3) is 0 Å². The number of aliphatic hydroxyl groups is 1. The molecule has 0 aromatic heterocycles. The fraction of sp³-hybridized carbons (Fsp3) is 0.263. The number of allylic oxidation sites excluding steroid dienone is 4. The predicted octanol–water partition coefficient (Wildman–Crippen LogP) is 4.45. The molecular weight excluding hydrogens is 260 g/mol. The van der Waals surface area contributed by atoms with Gasteiger partial charge in [0.05, 0.1) is 0 Å². The minimum Gasteiger partial charge on any atom is -0.504 e. The van der Waals surface area contributed by atoms with Gasteiger partial charge in [0.1, 0.15) is 0 Å². The maximum Gasteiger partial charge on any atom is 0.220 e. The van der Waals surface area contributed by atoms with Crippen LogP contribution in [0.25, 0.3) is 0 Å². The third-order valence-corrected chi connectivity index (χ3v) is 3.42. The quantitative estimate of drug-likeness (QED) is 0.809. The summed E-state index contributed by atoms with van der Waals surface area (Å²) in [6, 6.07) is 10.1. The highest BCUT2D eigenvalue weighted by Crippen LogP contribution is 2.23. The average molecular weight is 280 g/mol. The van der Waals surface area contributed by atoms with E-state index in [0.29, 0.717) is 0 Å². The molecule has 2 heteroatoms. The summed E-state index contributed by atoms with van der Waals surface area (Å²) in [5.41, 5.74) is 6.21. The molecule has 2 rings (SSSR count). The van der Waals surface area contributed by atoms with Gasteiger partial charge >= 0.3 is 0 Å². The van der Waals surface area contributed by atoms with Crippen LogP contribution in [0.4, 0.5) is 0 Å². The molecule has 0 aliphatic heterocycles. The molecule has 21 heavy (non-hydrogen) atoms. The van der Waals surface area contributed by atoms with E-state index in [1.165, 1.54) is 17.7 Å². The van der Waals surface area contributed by atoms with Gasteiger partial charge in [-0.25, -0.2) is 0 Å². The number of ketones is 1. The van der Waals surface area contributed by atoms with Crippen LogP contribution in [0.15, 0.2) is 71.2 Å². The van der Waals surface area contributed by atoms with Crippen LogP contribution in [0, 0.1) is 0 Å². The molecule has 0 fully saturated rings. The van der Waals surface area contributed by atoms with Crippen LogP contribution >= 0.6 is 0 Å². The van der Waals surface area contributed by atoms with Gasteiger partial charge in [-0.1, -0.05) is 43.7 Å². The zero-order valence-electron chi connectivity index (χ0n) is 12.3. The van der Waals surface area contributed by atoms with E-state index in [2.05, 4.69) is 24.8 Å². The third-order valence-electron chi connectivity index (χ3n) is 3.42. The molecule has 0 heterocycles. The lowest BCUT2D eigenvalue weighted by molar-refractivity contribution is -0.113. The summed E-state index contributed by atoms with van der Waals surface area (Å²) < 4.78 is 0. The fourth-order valence-corrected chi connectivity index (χ4v) is 2.21. The number of aliphatic hydroxyl groups excluding tert-OH is 1. The largest absolute Gasteiger partial charge is 0.504 e. The normalized spacial score (nSPS) is 14.3. The standard InChI is InChI=1S/C19H20O2/c1-2-3-11-16-13-18(20)19(21)14-17(16)12-7-10-15-8-5-4-6-9-15/h4-9,13-14,21H,2-3,10-11H2,1H3. The maximum atomic E-state index is 11.6. The molecule has 0 bridgehead atoms. The van der Waals surface area contributed by atoms with E-state index in [1.807, 2.05) is 24.3 Å². The molecule has 0 amide bonds. The second-order valence-electron chi connectivity index (χ2n) is 5.12. The zero-order valence-corrected chi connectivity index (χ0v) is 12.3. The Morgan fingerprint density at radius 3 is 2.67 bits per heavy atom. The van der Waals surface area contributed by atoms with Crippen molar-refractivity contribution in [2.45, 2.75) is 32.6 Å². The van der Waals surface area contributed by atoms with E-state index in [-0.39, 0.29) is 11.5 Å². The highest BCUT2D eigenvalue weighted by atomic mass is 16.3. The molecule has 0 atom stereocenters. The van der Waals surface area contributed by atoms with Crippen LogP contribution < -0.4 is 0 Å². The van der Waals surface area contributed by atoms with Crippen LogP contribution in [-0.2, 0) is 11.2 Å². The molecule has 1 aliphatic rings. The molecule has 0 unspecified atom stereocenters. The molecule has 1 aromatic rings. The number of carbonyl (C=O) groups excluding carboxylic acids is 1. The number of rotatable bonds is 5. The topological polar surface area (TPSA) is 37.3 Å². The molecule has 1 N–H and O–H groups in total. The first-order chi connectivity index (χ1) is 10.2. The lowest BCUT2D eigenvalue weighted by Gasteiger charge is -2.11. The van der Waals surface area contributed by atoms with Gasteiger partial charge < -0.3 is 5.11 Å². The lowest BCUT2D eigenvalue weighted by Crippen LogP contribution is -2.06. The molecule has 0 spiro atoms. The number of hydrogen-bond acceptors (Lipinski definition) is 2. The van der Waals surface area contributed by atoms with Crippen molar-refractivity contribution in [1.29, 1.82) is 0 Å². The van der Waals surface area contributed by atoms with Crippen molar-refractivity contribution in [1.82, 2.24) is 0 Å². The first-order valence-electron chi connectivity index (χ1n) is 7.35. The Balaban J connectivity index is 2.19. The molecule has 1 aliphatic carbocycles. The van der Waals surface area contributed by atoms with Crippen LogP contribution in [0.3, 0.4) is 0 Å². The van der Waals surface area contributed by atoms with Crippen molar-refractivity contribution in [2.75, 3.05) is 0 Å². The Hall–Kier alpha value is -2.31. The van der Waals surface area contributed by atoms with Gasteiger partial charge in [-0.2, -0.15) is 0 Å². The smallest absolute Gasteiger partial charge is 0.220 e. The van der Waals surface area contributed by atoms with Crippen molar-refractivity contribution in [3.05, 3.63) is 76.8 Å². The molecule has 108 valence electrons. The summed E-state index contributed by atoms with van der Waals surface area (Å²) in [6.07, 6.45) is 8.73. The van der Waals surface area contributed by atoms with E-state index in [4.69, 9.17) is 0 Å². The first-order valence-corrected chi connectivity index (χ1v) is 7.35. The van der Waals surface area contributed by atoms with Gasteiger partial charge in [0.2, 0.25) is 5.78 Å². The molecule has 0 radical (unpaired) electrons. The minimum absolute atomic E-state index is 0.203. The Morgan fingerprint density at radius 1 is 1.19 bits per heavy atom. The van der Waals surface area contributed by atoms with E-state index >= 15 is 0 Å². The fourth-order valence-electron chi connectivity index (χ4n) is 2.21. The zero-order chi connectivity index (χ0) is 15.1. The Morgan fingerprint density at radius 2 is 1.95 bits per heavy atom. The monoisotopic (exact) mass is 280 g/mol. The van der Waals surface area contributed by atoms with E-state index in [1.54, 1.807) is 0 Å². The second-order valence-corrected chi connectivity index (χ2v) is 5.12. The third kappa shape index (κ3) is 4.34. The summed E-state index contributed by atoms with van der Waals surface area (Å²) in [5.74, 6) is -0.513. The SMILES string of the molecule is CCCCC1=CC(=O)C(O)=CC1=C=CCc1ccccc1. The first kappa shape index (κ1) is 15.1. The molecule has 0 saturated carbocycles. The van der Waals surface area contributed by atoms with Crippen LogP contribution in [0.5, 0.6) is 0 Å². The predicted molar refractivity (Wildman–Crippen MR) is 85.1 cm³/mol. The summed E-state index contributed by atoms with van der Waals surface area (Å²) in [6.45, 7) is 2.12. The van der Waals surface area contributed by atoms with Gasteiger partial charge in [-0.05, 0) is 48.6 Å². The van der Waals surface area contributed by atoms with Crippen molar-refractivity contribution in [3.63, 3.8) is 0 Å². The van der Waals surface area contributed by atoms with Crippen LogP contribution in [-0.4, -0.2) is 10.9 Å².